The summed E-state index contributed by atoms with van der Waals surface area (Å²) in [7, 11) is 0. The van der Waals surface area contributed by atoms with Crippen LogP contribution in [0.1, 0.15) is 43.5 Å². The number of carbonyl (C=O) groups excluding carboxylic acids is 1. The van der Waals surface area contributed by atoms with Crippen LogP contribution < -0.4 is 11.1 Å². The molecule has 0 aromatic carbocycles. The molecule has 3 nitrogen and oxygen atoms in total. The summed E-state index contributed by atoms with van der Waals surface area (Å²) >= 11 is 1.54. The Kier molecular flexibility index (Phi) is 4.18. The van der Waals surface area contributed by atoms with Crippen LogP contribution in [0.25, 0.3) is 0 Å². The number of amides is 1. The lowest BCUT2D eigenvalue weighted by Gasteiger charge is -2.30. The van der Waals surface area contributed by atoms with E-state index < -0.39 is 6.04 Å². The van der Waals surface area contributed by atoms with Gasteiger partial charge in [0, 0.05) is 10.9 Å². The third-order valence-corrected chi connectivity index (χ3v) is 4.53. The second-order valence-corrected chi connectivity index (χ2v) is 5.85. The highest BCUT2D eigenvalue weighted by molar-refractivity contribution is 7.10. The zero-order valence-electron chi connectivity index (χ0n) is 10.2. The van der Waals surface area contributed by atoms with E-state index in [0.717, 1.165) is 11.3 Å². The van der Waals surface area contributed by atoms with Gasteiger partial charge in [-0.3, -0.25) is 4.79 Å². The number of nitrogens with one attached hydrogen (secondary N) is 1. The van der Waals surface area contributed by atoms with Crippen LogP contribution in [0.3, 0.4) is 0 Å². The zero-order chi connectivity index (χ0) is 12.3. The van der Waals surface area contributed by atoms with Crippen LogP contribution in [0.2, 0.25) is 0 Å². The van der Waals surface area contributed by atoms with E-state index in [1.165, 1.54) is 30.6 Å². The number of thiophene rings is 1. The van der Waals surface area contributed by atoms with Gasteiger partial charge in [-0.1, -0.05) is 25.8 Å². The monoisotopic (exact) mass is 252 g/mol. The Morgan fingerprint density at radius 2 is 2.29 bits per heavy atom. The molecule has 1 saturated carbocycles. The zero-order valence-corrected chi connectivity index (χ0v) is 11.0. The summed E-state index contributed by atoms with van der Waals surface area (Å²) < 4.78 is 0. The van der Waals surface area contributed by atoms with Crippen molar-refractivity contribution in [2.75, 3.05) is 0 Å². The second kappa shape index (κ2) is 5.65. The standard InChI is InChI=1S/C13H20N2OS/c1-9-5-2-3-6-10(9)15-13(16)12(14)11-7-4-8-17-11/h4,7-10,12H,2-3,5-6,14H2,1H3,(H,15,16). The molecular formula is C13H20N2OS. The predicted molar refractivity (Wildman–Crippen MR) is 70.8 cm³/mol. The SMILES string of the molecule is CC1CCCCC1NC(=O)C(N)c1cccs1. The van der Waals surface area contributed by atoms with E-state index in [9.17, 15) is 4.79 Å². The highest BCUT2D eigenvalue weighted by atomic mass is 32.1. The van der Waals surface area contributed by atoms with Gasteiger partial charge in [-0.25, -0.2) is 0 Å². The van der Waals surface area contributed by atoms with Gasteiger partial charge in [0.2, 0.25) is 5.91 Å². The van der Waals surface area contributed by atoms with Gasteiger partial charge in [0.1, 0.15) is 6.04 Å². The molecule has 0 spiro atoms. The summed E-state index contributed by atoms with van der Waals surface area (Å²) in [6.07, 6.45) is 4.79. The summed E-state index contributed by atoms with van der Waals surface area (Å²) in [5.74, 6) is 0.537. The molecule has 1 aromatic rings. The van der Waals surface area contributed by atoms with Crippen LogP contribution >= 0.6 is 11.3 Å². The van der Waals surface area contributed by atoms with Crippen molar-refractivity contribution >= 4 is 17.2 Å². The molecular weight excluding hydrogens is 232 g/mol. The van der Waals surface area contributed by atoms with Crippen LogP contribution in [0.4, 0.5) is 0 Å². The lowest BCUT2D eigenvalue weighted by atomic mass is 9.86. The maximum atomic E-state index is 12.0. The van der Waals surface area contributed by atoms with E-state index >= 15 is 0 Å². The summed E-state index contributed by atoms with van der Waals surface area (Å²) in [6, 6.07) is 3.64. The molecule has 0 aliphatic heterocycles. The Hall–Kier alpha value is -0.870. The summed E-state index contributed by atoms with van der Waals surface area (Å²) in [6.45, 7) is 2.21. The molecule has 1 heterocycles. The number of carbonyl (C=O) groups is 1. The fourth-order valence-electron chi connectivity index (χ4n) is 2.40. The van der Waals surface area contributed by atoms with Gasteiger partial charge < -0.3 is 11.1 Å². The van der Waals surface area contributed by atoms with Gasteiger partial charge in [-0.05, 0) is 30.2 Å². The van der Waals surface area contributed by atoms with E-state index in [0.29, 0.717) is 12.0 Å². The smallest absolute Gasteiger partial charge is 0.242 e. The third-order valence-electron chi connectivity index (χ3n) is 3.57. The molecule has 0 radical (unpaired) electrons. The average Bonchev–Trinajstić information content (AvgIpc) is 2.84. The van der Waals surface area contributed by atoms with Crippen LogP contribution in [0, 0.1) is 5.92 Å². The second-order valence-electron chi connectivity index (χ2n) is 4.87. The molecule has 1 amide bonds. The highest BCUT2D eigenvalue weighted by Gasteiger charge is 2.25. The molecule has 4 heteroatoms. The molecule has 1 fully saturated rings. The van der Waals surface area contributed by atoms with Crippen molar-refractivity contribution in [1.29, 1.82) is 0 Å². The predicted octanol–water partition coefficient (Wildman–Crippen LogP) is 2.44. The van der Waals surface area contributed by atoms with E-state index in [1.54, 1.807) is 0 Å². The molecule has 17 heavy (non-hydrogen) atoms. The molecule has 3 N–H and O–H groups in total. The Bertz CT molecular complexity index is 364. The Morgan fingerprint density at radius 3 is 2.94 bits per heavy atom. The van der Waals surface area contributed by atoms with Gasteiger partial charge in [-0.2, -0.15) is 0 Å². The fourth-order valence-corrected chi connectivity index (χ4v) is 3.13. The Balaban J connectivity index is 1.92. The van der Waals surface area contributed by atoms with Crippen molar-refractivity contribution in [3.05, 3.63) is 22.4 Å². The Morgan fingerprint density at radius 1 is 1.53 bits per heavy atom. The van der Waals surface area contributed by atoms with E-state index in [-0.39, 0.29) is 5.91 Å². The first-order valence-corrected chi connectivity index (χ1v) is 7.16. The summed E-state index contributed by atoms with van der Waals surface area (Å²) in [5, 5.41) is 5.05. The summed E-state index contributed by atoms with van der Waals surface area (Å²) in [4.78, 5) is 13.0. The maximum Gasteiger partial charge on any atom is 0.242 e. The van der Waals surface area contributed by atoms with Crippen LogP contribution in [-0.4, -0.2) is 11.9 Å². The molecule has 2 rings (SSSR count). The minimum atomic E-state index is -0.510. The van der Waals surface area contributed by atoms with Crippen molar-refractivity contribution in [3.63, 3.8) is 0 Å². The minimum Gasteiger partial charge on any atom is -0.351 e. The molecule has 1 aliphatic rings. The van der Waals surface area contributed by atoms with Crippen molar-refractivity contribution in [3.8, 4) is 0 Å². The molecule has 1 aromatic heterocycles. The fraction of sp³-hybridized carbons (Fsp3) is 0.615. The van der Waals surface area contributed by atoms with Gasteiger partial charge in [0.25, 0.3) is 0 Å². The van der Waals surface area contributed by atoms with Gasteiger partial charge in [-0.15, -0.1) is 11.3 Å². The first-order valence-electron chi connectivity index (χ1n) is 6.28. The van der Waals surface area contributed by atoms with Crippen molar-refractivity contribution in [2.45, 2.75) is 44.7 Å². The third kappa shape index (κ3) is 3.07. The average molecular weight is 252 g/mol. The number of rotatable bonds is 3. The molecule has 3 unspecified atom stereocenters. The molecule has 3 atom stereocenters. The van der Waals surface area contributed by atoms with Crippen molar-refractivity contribution in [1.82, 2.24) is 5.32 Å². The number of nitrogens with two attached hydrogens (primary N) is 1. The lowest BCUT2D eigenvalue weighted by Crippen LogP contribution is -2.44. The van der Waals surface area contributed by atoms with Crippen LogP contribution in [0.15, 0.2) is 17.5 Å². The van der Waals surface area contributed by atoms with Crippen LogP contribution in [0.5, 0.6) is 0 Å². The van der Waals surface area contributed by atoms with Gasteiger partial charge in [0.15, 0.2) is 0 Å². The van der Waals surface area contributed by atoms with Gasteiger partial charge in [0.05, 0.1) is 0 Å². The molecule has 94 valence electrons. The van der Waals surface area contributed by atoms with E-state index in [2.05, 4.69) is 12.2 Å². The van der Waals surface area contributed by atoms with Gasteiger partial charge >= 0.3 is 0 Å². The molecule has 0 bridgehead atoms. The summed E-state index contributed by atoms with van der Waals surface area (Å²) in [5.41, 5.74) is 5.94. The maximum absolute atomic E-state index is 12.0. The number of hydrogen-bond acceptors (Lipinski definition) is 3. The lowest BCUT2D eigenvalue weighted by molar-refractivity contribution is -0.123. The van der Waals surface area contributed by atoms with E-state index in [4.69, 9.17) is 5.73 Å². The van der Waals surface area contributed by atoms with Crippen molar-refractivity contribution in [2.24, 2.45) is 11.7 Å². The van der Waals surface area contributed by atoms with Crippen LogP contribution in [-0.2, 0) is 4.79 Å². The first-order chi connectivity index (χ1) is 8.18. The number of hydrogen-bond donors (Lipinski definition) is 2. The Labute approximate surface area is 106 Å². The normalized spacial score (nSPS) is 26.5. The largest absolute Gasteiger partial charge is 0.351 e. The van der Waals surface area contributed by atoms with E-state index in [1.807, 2.05) is 17.5 Å². The van der Waals surface area contributed by atoms with Crippen molar-refractivity contribution < 1.29 is 4.79 Å². The quantitative estimate of drug-likeness (QED) is 0.868. The first kappa shape index (κ1) is 12.6. The molecule has 1 aliphatic carbocycles. The highest BCUT2D eigenvalue weighted by Crippen LogP contribution is 2.24. The minimum absolute atomic E-state index is 0.0359. The topological polar surface area (TPSA) is 55.1 Å². The molecule has 0 saturated heterocycles.